The molecule has 1 aromatic heterocycles. The molecule has 3 nitrogen and oxygen atoms in total. The quantitative estimate of drug-likeness (QED) is 0.751. The standard InChI is InChI=1S/C14H18N2O/c1-10-6-5-7-12-14(10)11(2)15-16(12)13-8-3-4-9-17-13/h5-7,13H,3-4,8-9H2,1-2H3. The van der Waals surface area contributed by atoms with Crippen molar-refractivity contribution in [2.45, 2.75) is 39.3 Å². The van der Waals surface area contributed by atoms with Crippen molar-refractivity contribution in [2.24, 2.45) is 0 Å². The van der Waals surface area contributed by atoms with Gasteiger partial charge in [0, 0.05) is 12.0 Å². The summed E-state index contributed by atoms with van der Waals surface area (Å²) in [5.41, 5.74) is 3.60. The number of nitrogens with zero attached hydrogens (tertiary/aromatic N) is 2. The highest BCUT2D eigenvalue weighted by molar-refractivity contribution is 5.85. The van der Waals surface area contributed by atoms with Gasteiger partial charge in [0.1, 0.15) is 0 Å². The second-order valence-corrected chi connectivity index (χ2v) is 4.82. The third kappa shape index (κ3) is 1.75. The third-order valence-corrected chi connectivity index (χ3v) is 3.55. The topological polar surface area (TPSA) is 27.1 Å². The van der Waals surface area contributed by atoms with Crippen molar-refractivity contribution in [3.05, 3.63) is 29.5 Å². The molecule has 0 amide bonds. The fraction of sp³-hybridized carbons (Fsp3) is 0.500. The van der Waals surface area contributed by atoms with Gasteiger partial charge in [0.2, 0.25) is 0 Å². The lowest BCUT2D eigenvalue weighted by molar-refractivity contribution is -0.0368. The molecule has 0 N–H and O–H groups in total. The molecule has 3 heteroatoms. The first-order valence-electron chi connectivity index (χ1n) is 6.33. The van der Waals surface area contributed by atoms with Crippen LogP contribution in [0, 0.1) is 13.8 Å². The van der Waals surface area contributed by atoms with Crippen LogP contribution in [-0.4, -0.2) is 16.4 Å². The second-order valence-electron chi connectivity index (χ2n) is 4.82. The molecule has 0 bridgehead atoms. The van der Waals surface area contributed by atoms with Crippen molar-refractivity contribution >= 4 is 10.9 Å². The smallest absolute Gasteiger partial charge is 0.150 e. The zero-order chi connectivity index (χ0) is 11.8. The van der Waals surface area contributed by atoms with Crippen LogP contribution in [0.5, 0.6) is 0 Å². The van der Waals surface area contributed by atoms with Gasteiger partial charge in [0.05, 0.1) is 11.2 Å². The molecule has 1 aliphatic rings. The molecule has 3 rings (SSSR count). The summed E-state index contributed by atoms with van der Waals surface area (Å²) >= 11 is 0. The van der Waals surface area contributed by atoms with Crippen molar-refractivity contribution < 1.29 is 4.74 Å². The van der Waals surface area contributed by atoms with Gasteiger partial charge in [-0.1, -0.05) is 12.1 Å². The summed E-state index contributed by atoms with van der Waals surface area (Å²) in [7, 11) is 0. The highest BCUT2D eigenvalue weighted by Gasteiger charge is 2.20. The monoisotopic (exact) mass is 230 g/mol. The van der Waals surface area contributed by atoms with Crippen molar-refractivity contribution in [3.8, 4) is 0 Å². The Balaban J connectivity index is 2.13. The number of ether oxygens (including phenoxy) is 1. The number of aromatic nitrogens is 2. The Morgan fingerprint density at radius 2 is 2.18 bits per heavy atom. The highest BCUT2D eigenvalue weighted by Crippen LogP contribution is 2.29. The maximum Gasteiger partial charge on any atom is 0.150 e. The van der Waals surface area contributed by atoms with Crippen molar-refractivity contribution in [1.29, 1.82) is 0 Å². The lowest BCUT2D eigenvalue weighted by atomic mass is 10.1. The van der Waals surface area contributed by atoms with Crippen LogP contribution in [0.15, 0.2) is 18.2 Å². The largest absolute Gasteiger partial charge is 0.356 e. The molecule has 0 radical (unpaired) electrons. The predicted octanol–water partition coefficient (Wildman–Crippen LogP) is 3.35. The van der Waals surface area contributed by atoms with Gasteiger partial charge in [-0.3, -0.25) is 0 Å². The summed E-state index contributed by atoms with van der Waals surface area (Å²) < 4.78 is 7.89. The molecule has 0 aliphatic carbocycles. The van der Waals surface area contributed by atoms with Crippen LogP contribution in [0.2, 0.25) is 0 Å². The molecule has 1 aliphatic heterocycles. The minimum Gasteiger partial charge on any atom is -0.356 e. The summed E-state index contributed by atoms with van der Waals surface area (Å²) in [6, 6.07) is 6.38. The fourth-order valence-electron chi connectivity index (χ4n) is 2.72. The lowest BCUT2D eigenvalue weighted by Crippen LogP contribution is -2.19. The van der Waals surface area contributed by atoms with Gasteiger partial charge >= 0.3 is 0 Å². The van der Waals surface area contributed by atoms with Crippen LogP contribution >= 0.6 is 0 Å². The van der Waals surface area contributed by atoms with E-state index < -0.39 is 0 Å². The summed E-state index contributed by atoms with van der Waals surface area (Å²) in [5.74, 6) is 0. The second kappa shape index (κ2) is 4.15. The van der Waals surface area contributed by atoms with Gasteiger partial charge in [0.25, 0.3) is 0 Å². The molecule has 1 unspecified atom stereocenters. The van der Waals surface area contributed by atoms with Crippen LogP contribution in [0.1, 0.15) is 36.7 Å². The molecule has 2 heterocycles. The average molecular weight is 230 g/mol. The van der Waals surface area contributed by atoms with Crippen LogP contribution in [0.4, 0.5) is 0 Å². The summed E-state index contributed by atoms with van der Waals surface area (Å²) in [6.45, 7) is 5.08. The summed E-state index contributed by atoms with van der Waals surface area (Å²) in [6.07, 6.45) is 3.61. The molecule has 17 heavy (non-hydrogen) atoms. The number of hydrogen-bond donors (Lipinski definition) is 0. The molecule has 0 saturated carbocycles. The van der Waals surface area contributed by atoms with E-state index in [9.17, 15) is 0 Å². The minimum atomic E-state index is 0.127. The Morgan fingerprint density at radius 3 is 2.94 bits per heavy atom. The number of hydrogen-bond acceptors (Lipinski definition) is 2. The molecule has 1 fully saturated rings. The zero-order valence-corrected chi connectivity index (χ0v) is 10.4. The van der Waals surface area contributed by atoms with Gasteiger partial charge < -0.3 is 4.74 Å². The number of fused-ring (bicyclic) bond motifs is 1. The van der Waals surface area contributed by atoms with E-state index in [2.05, 4.69) is 41.8 Å². The van der Waals surface area contributed by atoms with E-state index in [0.717, 1.165) is 18.7 Å². The third-order valence-electron chi connectivity index (χ3n) is 3.55. The van der Waals surface area contributed by atoms with E-state index in [1.165, 1.54) is 29.3 Å². The van der Waals surface area contributed by atoms with E-state index in [4.69, 9.17) is 4.74 Å². The van der Waals surface area contributed by atoms with E-state index in [-0.39, 0.29) is 6.23 Å². The van der Waals surface area contributed by atoms with Crippen LogP contribution in [-0.2, 0) is 4.74 Å². The average Bonchev–Trinajstić information content (AvgIpc) is 2.69. The van der Waals surface area contributed by atoms with Gasteiger partial charge in [-0.05, 0) is 44.7 Å². The van der Waals surface area contributed by atoms with Gasteiger partial charge in [-0.25, -0.2) is 4.68 Å². The number of aryl methyl sites for hydroxylation is 2. The molecule has 0 spiro atoms. The Bertz CT molecular complexity index is 538. The van der Waals surface area contributed by atoms with E-state index >= 15 is 0 Å². The van der Waals surface area contributed by atoms with Gasteiger partial charge in [0.15, 0.2) is 6.23 Å². The van der Waals surface area contributed by atoms with E-state index in [1.807, 2.05) is 0 Å². The number of benzene rings is 1. The first kappa shape index (κ1) is 10.8. The Hall–Kier alpha value is -1.35. The minimum absolute atomic E-state index is 0.127. The van der Waals surface area contributed by atoms with Crippen molar-refractivity contribution in [3.63, 3.8) is 0 Å². The maximum atomic E-state index is 5.83. The zero-order valence-electron chi connectivity index (χ0n) is 10.4. The SMILES string of the molecule is Cc1cccc2c1c(C)nn2C1CCCCO1. The molecule has 2 aromatic rings. The summed E-state index contributed by atoms with van der Waals surface area (Å²) in [5, 5.41) is 5.95. The van der Waals surface area contributed by atoms with Crippen LogP contribution in [0.3, 0.4) is 0 Å². The maximum absolute atomic E-state index is 5.83. The number of rotatable bonds is 1. The van der Waals surface area contributed by atoms with Crippen molar-refractivity contribution in [2.75, 3.05) is 6.61 Å². The van der Waals surface area contributed by atoms with Gasteiger partial charge in [-0.2, -0.15) is 5.10 Å². The normalized spacial score (nSPS) is 20.9. The van der Waals surface area contributed by atoms with Crippen LogP contribution in [0.25, 0.3) is 10.9 Å². The first-order valence-corrected chi connectivity index (χ1v) is 6.33. The van der Waals surface area contributed by atoms with Gasteiger partial charge in [-0.15, -0.1) is 0 Å². The molecular weight excluding hydrogens is 212 g/mol. The predicted molar refractivity (Wildman–Crippen MR) is 68.0 cm³/mol. The lowest BCUT2D eigenvalue weighted by Gasteiger charge is -2.23. The van der Waals surface area contributed by atoms with Crippen LogP contribution < -0.4 is 0 Å². The van der Waals surface area contributed by atoms with Crippen molar-refractivity contribution in [1.82, 2.24) is 9.78 Å². The van der Waals surface area contributed by atoms with E-state index in [0.29, 0.717) is 0 Å². The molecule has 1 saturated heterocycles. The molecule has 1 aromatic carbocycles. The Labute approximate surface area is 101 Å². The Kier molecular flexibility index (Phi) is 2.63. The van der Waals surface area contributed by atoms with E-state index in [1.54, 1.807) is 0 Å². The molecule has 90 valence electrons. The molecule has 1 atom stereocenters. The molecular formula is C14H18N2O. The highest BCUT2D eigenvalue weighted by atomic mass is 16.5. The fourth-order valence-corrected chi connectivity index (χ4v) is 2.72. The summed E-state index contributed by atoms with van der Waals surface area (Å²) in [4.78, 5) is 0. The first-order chi connectivity index (χ1) is 8.27. The Morgan fingerprint density at radius 1 is 1.29 bits per heavy atom.